The minimum Gasteiger partial charge on any atom is -0.790 e. The van der Waals surface area contributed by atoms with Crippen LogP contribution in [0.15, 0.2) is 0 Å². The number of hydrogen-bond acceptors (Lipinski definition) is 8. The van der Waals surface area contributed by atoms with Gasteiger partial charge in [-0.3, -0.25) is 0 Å². The molecule has 0 saturated carbocycles. The van der Waals surface area contributed by atoms with Gasteiger partial charge >= 0.3 is 31.7 Å². The van der Waals surface area contributed by atoms with E-state index in [1.54, 1.807) is 0 Å². The van der Waals surface area contributed by atoms with E-state index in [1.807, 2.05) is 0 Å². The van der Waals surface area contributed by atoms with Gasteiger partial charge in [-0.25, -0.2) is 4.57 Å². The van der Waals surface area contributed by atoms with E-state index in [4.69, 9.17) is 19.2 Å². The normalized spacial score (nSPS) is 12.2. The predicted molar refractivity (Wildman–Crippen MR) is 36.3 cm³/mol. The first kappa shape index (κ1) is 21.5. The van der Waals surface area contributed by atoms with Gasteiger partial charge in [-0.15, -0.1) is 0 Å². The summed E-state index contributed by atoms with van der Waals surface area (Å²) in [5.41, 5.74) is 0. The van der Waals surface area contributed by atoms with Crippen molar-refractivity contribution in [2.45, 2.75) is 0 Å². The molecule has 15 heavy (non-hydrogen) atoms. The topological polar surface area (TPSA) is 213 Å². The molecule has 0 heterocycles. The molecule has 0 fully saturated rings. The molecule has 0 amide bonds. The molecule has 11 nitrogen and oxygen atoms in total. The van der Waals surface area contributed by atoms with Gasteiger partial charge in [-0.1, -0.05) is 0 Å². The van der Waals surface area contributed by atoms with E-state index in [-0.39, 0.29) is 23.9 Å². The summed E-state index contributed by atoms with van der Waals surface area (Å²) in [4.78, 5) is 58.9. The summed E-state index contributed by atoms with van der Waals surface area (Å²) >= 11 is 0. The summed E-state index contributed by atoms with van der Waals surface area (Å²) in [5.74, 6) is 0. The molecule has 0 spiro atoms. The second-order valence-corrected chi connectivity index (χ2v) is 4.96. The fourth-order valence-electron chi connectivity index (χ4n) is 0.122. The van der Waals surface area contributed by atoms with E-state index >= 15 is 0 Å². The minimum absolute atomic E-state index is 0. The minimum atomic E-state index is -5.68. The maximum atomic E-state index is 9.32. The zero-order valence-corrected chi connectivity index (χ0v) is 12.0. The third-order valence-corrected chi connectivity index (χ3v) is 1.80. The summed E-state index contributed by atoms with van der Waals surface area (Å²) in [7, 11) is -16.0. The van der Waals surface area contributed by atoms with Crippen molar-refractivity contribution in [3.05, 3.63) is 0 Å². The van der Waals surface area contributed by atoms with Crippen LogP contribution in [0, 0.1) is 0 Å². The average Bonchev–Trinajstić information content (AvgIpc) is 1.42. The van der Waals surface area contributed by atoms with Gasteiger partial charge < -0.3 is 47.7 Å². The van der Waals surface area contributed by atoms with Crippen LogP contribution in [0.5, 0.6) is 0 Å². The average molecular weight is 391 g/mol. The Labute approximate surface area is 99.8 Å². The molecular weight excluding hydrogens is 388 g/mol. The predicted octanol–water partition coefficient (Wildman–Crippen LogP) is -4.65. The van der Waals surface area contributed by atoms with Gasteiger partial charge in [-0.05, 0) is 0 Å². The van der Waals surface area contributed by atoms with Crippen molar-refractivity contribution >= 4 is 47.4 Å². The zero-order chi connectivity index (χ0) is 12.2. The summed E-state index contributed by atoms with van der Waals surface area (Å²) in [6.07, 6.45) is 0. The van der Waals surface area contributed by atoms with Gasteiger partial charge in [0.1, 0.15) is 0 Å². The van der Waals surface area contributed by atoms with Crippen molar-refractivity contribution in [1.29, 1.82) is 0 Å². The largest absolute Gasteiger partial charge is 4.00 e. The van der Waals surface area contributed by atoms with Crippen molar-refractivity contribution in [2.75, 3.05) is 0 Å². The fourth-order valence-corrected chi connectivity index (χ4v) is 1.10. The first-order valence-corrected chi connectivity index (χ1v) is 6.73. The molecule has 0 saturated heterocycles. The molecule has 0 aromatic heterocycles. The SMILES string of the molecule is O=P(O)(O)O.O=P([O-])([O-])OP(=O)([O-])[O-].[Sn+4]. The van der Waals surface area contributed by atoms with Crippen molar-refractivity contribution in [2.24, 2.45) is 0 Å². The molecule has 15 heteroatoms. The van der Waals surface area contributed by atoms with Crippen LogP contribution in [0.3, 0.4) is 0 Å². The molecule has 3 N–H and O–H groups in total. The molecule has 0 radical (unpaired) electrons. The van der Waals surface area contributed by atoms with E-state index in [0.717, 1.165) is 0 Å². The van der Waals surface area contributed by atoms with Gasteiger partial charge in [0.2, 0.25) is 0 Å². The monoisotopic (exact) mass is 392 g/mol. The number of rotatable bonds is 2. The molecule has 0 aliphatic rings. The Morgan fingerprint density at radius 3 is 0.933 bits per heavy atom. The Kier molecular flexibility index (Phi) is 10.7. The maximum absolute atomic E-state index is 9.32. The van der Waals surface area contributed by atoms with Gasteiger partial charge in [0.05, 0.1) is 15.6 Å². The van der Waals surface area contributed by atoms with Gasteiger partial charge in [0.25, 0.3) is 0 Å². The van der Waals surface area contributed by atoms with E-state index < -0.39 is 23.5 Å². The van der Waals surface area contributed by atoms with Crippen LogP contribution in [-0.2, 0) is 18.0 Å². The maximum Gasteiger partial charge on any atom is 4.00 e. The van der Waals surface area contributed by atoms with E-state index in [1.165, 1.54) is 0 Å². The van der Waals surface area contributed by atoms with Crippen LogP contribution in [0.4, 0.5) is 0 Å². The van der Waals surface area contributed by atoms with Crippen molar-refractivity contribution < 1.29 is 52.3 Å². The van der Waals surface area contributed by atoms with Crippen LogP contribution >= 0.6 is 23.5 Å². The number of hydrogen-bond donors (Lipinski definition) is 3. The Morgan fingerprint density at radius 2 is 0.933 bits per heavy atom. The summed E-state index contributed by atoms with van der Waals surface area (Å²) in [6.45, 7) is 0. The van der Waals surface area contributed by atoms with Crippen LogP contribution in [0.2, 0.25) is 0 Å². The summed E-state index contributed by atoms with van der Waals surface area (Å²) in [6, 6.07) is 0. The Balaban J connectivity index is -0.000000208. The molecule has 0 aliphatic carbocycles. The quantitative estimate of drug-likeness (QED) is 0.301. The van der Waals surface area contributed by atoms with Crippen LogP contribution in [-0.4, -0.2) is 38.6 Å². The molecule has 0 aromatic rings. The summed E-state index contributed by atoms with van der Waals surface area (Å²) < 4.78 is 30.0. The van der Waals surface area contributed by atoms with E-state index in [2.05, 4.69) is 4.31 Å². The molecule has 0 rings (SSSR count). The zero-order valence-electron chi connectivity index (χ0n) is 6.45. The van der Waals surface area contributed by atoms with Gasteiger partial charge in [0, 0.05) is 0 Å². The molecule has 0 aliphatic heterocycles. The van der Waals surface area contributed by atoms with Crippen molar-refractivity contribution in [3.8, 4) is 0 Å². The van der Waals surface area contributed by atoms with Crippen LogP contribution < -0.4 is 19.6 Å². The standard InChI is InChI=1S/H4O7P2.H3O4P.Sn/c1-8(2,3)7-9(4,5)6;1-5(2,3)4;/h(H2,1,2,3)(H2,4,5,6);(H3,1,2,3,4);/q;;+4/p-4. The van der Waals surface area contributed by atoms with E-state index in [9.17, 15) is 28.7 Å². The van der Waals surface area contributed by atoms with Gasteiger partial charge in [0.15, 0.2) is 0 Å². The third kappa shape index (κ3) is 51.2. The Bertz CT molecular complexity index is 259. The molecule has 88 valence electrons. The third-order valence-electron chi connectivity index (χ3n) is 0.200. The molecule has 0 atom stereocenters. The molecule has 0 unspecified atom stereocenters. The molecule has 0 bridgehead atoms. The summed E-state index contributed by atoms with van der Waals surface area (Å²) in [5, 5.41) is 0. The fraction of sp³-hybridized carbons (Fsp3) is 0. The second-order valence-electron chi connectivity index (χ2n) is 1.49. The Hall–Kier alpha value is 1.17. The van der Waals surface area contributed by atoms with E-state index in [0.29, 0.717) is 0 Å². The van der Waals surface area contributed by atoms with Crippen LogP contribution in [0.25, 0.3) is 0 Å². The smallest absolute Gasteiger partial charge is 0.790 e. The number of phosphoric acid groups is 3. The molecular formula is H3O11P3Sn. The van der Waals surface area contributed by atoms with Gasteiger partial charge in [-0.2, -0.15) is 0 Å². The van der Waals surface area contributed by atoms with Crippen LogP contribution in [0.1, 0.15) is 0 Å². The second kappa shape index (κ2) is 7.49. The van der Waals surface area contributed by atoms with Crippen molar-refractivity contribution in [1.82, 2.24) is 0 Å². The first-order chi connectivity index (χ1) is 5.71. The van der Waals surface area contributed by atoms with Crippen molar-refractivity contribution in [3.63, 3.8) is 0 Å². The molecule has 0 aromatic carbocycles. The Morgan fingerprint density at radius 1 is 0.800 bits per heavy atom. The first-order valence-electron chi connectivity index (χ1n) is 2.24.